The fraction of sp³-hybridized carbons (Fsp3) is 0.519. The Balaban J connectivity index is 1.19. The van der Waals surface area contributed by atoms with Crippen LogP contribution in [0, 0.1) is 10.1 Å². The van der Waals surface area contributed by atoms with Gasteiger partial charge in [0.15, 0.2) is 0 Å². The number of nitro benzene ring substituents is 1. The van der Waals surface area contributed by atoms with Crippen molar-refractivity contribution in [3.05, 3.63) is 63.7 Å². The number of hydrogen-bond acceptors (Lipinski definition) is 6. The number of thiocarbonyl (C=S) groups is 1. The number of nitrogens with zero attached hydrogens (tertiary/aromatic N) is 2. The molecule has 1 aliphatic carbocycles. The molecule has 0 bridgehead atoms. The van der Waals surface area contributed by atoms with Crippen molar-refractivity contribution < 1.29 is 27.6 Å². The van der Waals surface area contributed by atoms with E-state index in [1.165, 1.54) is 11.6 Å². The van der Waals surface area contributed by atoms with E-state index in [9.17, 15) is 23.3 Å². The van der Waals surface area contributed by atoms with Crippen LogP contribution in [-0.2, 0) is 10.9 Å². The largest absolute Gasteiger partial charge is 0.497 e. The average Bonchev–Trinajstić information content (AvgIpc) is 2.92. The number of rotatable bonds is 8. The summed E-state index contributed by atoms with van der Waals surface area (Å²) in [5.74, 6) is 1.36. The van der Waals surface area contributed by atoms with E-state index in [4.69, 9.17) is 21.7 Å². The van der Waals surface area contributed by atoms with Gasteiger partial charge in [0, 0.05) is 30.9 Å². The molecule has 1 heterocycles. The van der Waals surface area contributed by atoms with Gasteiger partial charge in [-0.1, -0.05) is 24.4 Å². The smallest absolute Gasteiger partial charge is 0.423 e. The van der Waals surface area contributed by atoms with E-state index < -0.39 is 22.4 Å². The Kier molecular flexibility index (Phi) is 9.09. The highest BCUT2D eigenvalue weighted by atomic mass is 32.1. The SMILES string of the molecule is COc1ccc(C2CCN(C(=S)COC3CCC(Nc4ccc([N+](=O)[O-])c(C(F)(F)F)c4)CC3)CC2)cc1. The van der Waals surface area contributed by atoms with Gasteiger partial charge in [-0.2, -0.15) is 13.2 Å². The minimum Gasteiger partial charge on any atom is -0.497 e. The molecular formula is C27H32F3N3O4S. The third-order valence-electron chi connectivity index (χ3n) is 7.42. The second-order valence-electron chi connectivity index (χ2n) is 9.84. The summed E-state index contributed by atoms with van der Waals surface area (Å²) < 4.78 is 51.1. The Bertz CT molecular complexity index is 1110. The second kappa shape index (κ2) is 12.3. The van der Waals surface area contributed by atoms with Crippen LogP contribution in [0.3, 0.4) is 0 Å². The average molecular weight is 552 g/mol. The van der Waals surface area contributed by atoms with Crippen molar-refractivity contribution in [1.82, 2.24) is 4.90 Å². The van der Waals surface area contributed by atoms with Gasteiger partial charge in [-0.05, 0) is 74.3 Å². The molecule has 11 heteroatoms. The molecule has 2 aromatic carbocycles. The molecule has 0 aromatic heterocycles. The number of benzene rings is 2. The Labute approximate surface area is 225 Å². The Morgan fingerprint density at radius 2 is 1.74 bits per heavy atom. The molecule has 2 fully saturated rings. The maximum absolute atomic E-state index is 13.3. The van der Waals surface area contributed by atoms with E-state index >= 15 is 0 Å². The minimum absolute atomic E-state index is 0.0266. The maximum atomic E-state index is 13.3. The number of nitrogens with one attached hydrogen (secondary N) is 1. The summed E-state index contributed by atoms with van der Waals surface area (Å²) in [6, 6.07) is 11.3. The molecular weight excluding hydrogens is 519 g/mol. The molecule has 1 N–H and O–H groups in total. The molecule has 0 unspecified atom stereocenters. The lowest BCUT2D eigenvalue weighted by molar-refractivity contribution is -0.388. The van der Waals surface area contributed by atoms with Gasteiger partial charge in [0.05, 0.1) is 24.7 Å². The van der Waals surface area contributed by atoms with Crippen LogP contribution in [0.15, 0.2) is 42.5 Å². The predicted molar refractivity (Wildman–Crippen MR) is 143 cm³/mol. The Morgan fingerprint density at radius 1 is 1.08 bits per heavy atom. The fourth-order valence-corrected chi connectivity index (χ4v) is 5.49. The van der Waals surface area contributed by atoms with Crippen LogP contribution in [-0.4, -0.2) is 53.8 Å². The van der Waals surface area contributed by atoms with E-state index in [1.54, 1.807) is 7.11 Å². The van der Waals surface area contributed by atoms with Crippen molar-refractivity contribution in [1.29, 1.82) is 0 Å². The molecule has 1 aliphatic heterocycles. The van der Waals surface area contributed by atoms with Gasteiger partial charge >= 0.3 is 6.18 Å². The monoisotopic (exact) mass is 551 g/mol. The number of likely N-dealkylation sites (tertiary alicyclic amines) is 1. The topological polar surface area (TPSA) is 76.9 Å². The summed E-state index contributed by atoms with van der Waals surface area (Å²) in [5.41, 5.74) is -0.639. The molecule has 4 rings (SSSR count). The van der Waals surface area contributed by atoms with E-state index in [0.29, 0.717) is 12.5 Å². The lowest BCUT2D eigenvalue weighted by Crippen LogP contribution is -2.40. The number of alkyl halides is 3. The minimum atomic E-state index is -4.80. The van der Waals surface area contributed by atoms with Gasteiger partial charge in [-0.15, -0.1) is 0 Å². The Morgan fingerprint density at radius 3 is 2.32 bits per heavy atom. The summed E-state index contributed by atoms with van der Waals surface area (Å²) in [4.78, 5) is 13.0. The molecule has 0 atom stereocenters. The van der Waals surface area contributed by atoms with Gasteiger partial charge in [-0.3, -0.25) is 10.1 Å². The molecule has 206 valence electrons. The molecule has 0 amide bonds. The van der Waals surface area contributed by atoms with Gasteiger partial charge in [0.1, 0.15) is 16.3 Å². The van der Waals surface area contributed by atoms with Crippen LogP contribution in [0.5, 0.6) is 5.75 Å². The van der Waals surface area contributed by atoms with Crippen LogP contribution in [0.25, 0.3) is 0 Å². The zero-order valence-electron chi connectivity index (χ0n) is 21.2. The van der Waals surface area contributed by atoms with E-state index in [1.807, 2.05) is 12.1 Å². The van der Waals surface area contributed by atoms with Crippen molar-refractivity contribution >= 4 is 28.6 Å². The van der Waals surface area contributed by atoms with Crippen LogP contribution in [0.2, 0.25) is 0 Å². The zero-order chi connectivity index (χ0) is 27.3. The lowest BCUT2D eigenvalue weighted by Gasteiger charge is -2.35. The van der Waals surface area contributed by atoms with E-state index in [2.05, 4.69) is 22.3 Å². The number of anilines is 1. The van der Waals surface area contributed by atoms with Crippen molar-refractivity contribution in [2.75, 3.05) is 32.1 Å². The summed E-state index contributed by atoms with van der Waals surface area (Å²) >= 11 is 5.64. The highest BCUT2D eigenvalue weighted by Crippen LogP contribution is 2.38. The quantitative estimate of drug-likeness (QED) is 0.226. The van der Waals surface area contributed by atoms with Crippen LogP contribution < -0.4 is 10.1 Å². The third kappa shape index (κ3) is 7.13. The van der Waals surface area contributed by atoms with Crippen LogP contribution in [0.1, 0.15) is 55.6 Å². The predicted octanol–water partition coefficient (Wildman–Crippen LogP) is 6.57. The summed E-state index contributed by atoms with van der Waals surface area (Å²) in [7, 11) is 1.66. The molecule has 7 nitrogen and oxygen atoms in total. The molecule has 38 heavy (non-hydrogen) atoms. The Hall–Kier alpha value is -2.92. The molecule has 1 saturated heterocycles. The van der Waals surface area contributed by atoms with E-state index in [0.717, 1.165) is 74.5 Å². The molecule has 0 radical (unpaired) electrons. The number of halogens is 3. The summed E-state index contributed by atoms with van der Waals surface area (Å²) in [5, 5.41) is 14.1. The van der Waals surface area contributed by atoms with Crippen molar-refractivity contribution in [2.45, 2.75) is 62.8 Å². The number of hydrogen-bond donors (Lipinski definition) is 1. The van der Waals surface area contributed by atoms with Gasteiger partial charge in [0.25, 0.3) is 5.69 Å². The fourth-order valence-electron chi connectivity index (χ4n) is 5.24. The molecule has 2 aliphatic rings. The number of piperidine rings is 1. The van der Waals surface area contributed by atoms with Crippen LogP contribution in [0.4, 0.5) is 24.5 Å². The highest BCUT2D eigenvalue weighted by molar-refractivity contribution is 7.80. The van der Waals surface area contributed by atoms with Crippen LogP contribution >= 0.6 is 12.2 Å². The summed E-state index contributed by atoms with van der Waals surface area (Å²) in [6.45, 7) is 2.18. The van der Waals surface area contributed by atoms with Crippen molar-refractivity contribution in [2.24, 2.45) is 0 Å². The second-order valence-corrected chi connectivity index (χ2v) is 10.3. The first-order valence-corrected chi connectivity index (χ1v) is 13.2. The molecule has 1 saturated carbocycles. The summed E-state index contributed by atoms with van der Waals surface area (Å²) in [6.07, 6.45) is 0.286. The van der Waals surface area contributed by atoms with Gasteiger partial charge in [-0.25, -0.2) is 0 Å². The normalized spacial score (nSPS) is 20.7. The first kappa shape index (κ1) is 28.1. The zero-order valence-corrected chi connectivity index (χ0v) is 22.0. The standard InChI is InChI=1S/C27H32F3N3O4S/c1-36-22-7-2-18(3-8-22)19-12-14-32(15-13-19)26(38)17-37-23-9-4-20(5-10-23)31-21-6-11-25(33(34)35)24(16-21)27(28,29)30/h2-3,6-8,11,16,19-20,23,31H,4-5,9-10,12-15,17H2,1H3. The third-order valence-corrected chi connectivity index (χ3v) is 7.80. The maximum Gasteiger partial charge on any atom is 0.423 e. The number of methoxy groups -OCH3 is 1. The van der Waals surface area contributed by atoms with Gasteiger partial charge < -0.3 is 19.7 Å². The first-order chi connectivity index (χ1) is 18.1. The molecule has 0 spiro atoms. The van der Waals surface area contributed by atoms with E-state index in [-0.39, 0.29) is 17.8 Å². The lowest BCUT2D eigenvalue weighted by atomic mass is 9.89. The van der Waals surface area contributed by atoms with Crippen molar-refractivity contribution in [3.8, 4) is 5.75 Å². The number of nitro groups is 1. The highest BCUT2D eigenvalue weighted by Gasteiger charge is 2.38. The number of ether oxygens (including phenoxy) is 2. The molecule has 2 aromatic rings. The van der Waals surface area contributed by atoms with Gasteiger partial charge in [0.2, 0.25) is 0 Å². The first-order valence-electron chi connectivity index (χ1n) is 12.8. The van der Waals surface area contributed by atoms with Crippen molar-refractivity contribution in [3.63, 3.8) is 0 Å².